The van der Waals surface area contributed by atoms with Crippen molar-refractivity contribution in [3.8, 4) is 0 Å². The number of carbonyl (C=O) groups excluding carboxylic acids is 1. The van der Waals surface area contributed by atoms with E-state index in [1.165, 1.54) is 6.42 Å². The van der Waals surface area contributed by atoms with Gasteiger partial charge in [-0.1, -0.05) is 32.4 Å². The van der Waals surface area contributed by atoms with Crippen LogP contribution in [0.4, 0.5) is 5.69 Å². The molecule has 1 aromatic rings. The Kier molecular flexibility index (Phi) is 4.28. The van der Waals surface area contributed by atoms with Crippen LogP contribution < -0.4 is 10.6 Å². The number of nitrogens with one attached hydrogen (secondary N) is 2. The molecule has 1 saturated carbocycles. The SMILES string of the molecule is CNC(=O)c1ccc(Cl)c(NC2CC(C)(C)CC2C)c1. The summed E-state index contributed by atoms with van der Waals surface area (Å²) in [6.45, 7) is 6.87. The molecule has 2 unspecified atom stereocenters. The van der Waals surface area contributed by atoms with Crippen LogP contribution in [-0.2, 0) is 0 Å². The molecule has 1 aromatic carbocycles. The Morgan fingerprint density at radius 3 is 2.60 bits per heavy atom. The fourth-order valence-electron chi connectivity index (χ4n) is 3.21. The van der Waals surface area contributed by atoms with E-state index in [1.54, 1.807) is 19.2 Å². The predicted molar refractivity (Wildman–Crippen MR) is 84.4 cm³/mol. The van der Waals surface area contributed by atoms with Crippen LogP contribution in [0.2, 0.25) is 5.02 Å². The number of hydrogen-bond acceptors (Lipinski definition) is 2. The molecule has 2 atom stereocenters. The molecule has 1 fully saturated rings. The molecule has 4 heteroatoms. The maximum absolute atomic E-state index is 11.7. The van der Waals surface area contributed by atoms with E-state index in [9.17, 15) is 4.79 Å². The number of rotatable bonds is 3. The molecule has 0 radical (unpaired) electrons. The van der Waals surface area contributed by atoms with Crippen molar-refractivity contribution < 1.29 is 4.79 Å². The first kappa shape index (κ1) is 15.2. The standard InChI is InChI=1S/C16H23ClN2O/c1-10-8-16(2,3)9-14(10)19-13-7-11(15(20)18-4)5-6-12(13)17/h5-7,10,14,19H,8-9H2,1-4H3,(H,18,20). The van der Waals surface area contributed by atoms with Crippen LogP contribution in [0.15, 0.2) is 18.2 Å². The second-order valence-electron chi connectivity index (χ2n) is 6.57. The Bertz CT molecular complexity index is 513. The Balaban J connectivity index is 2.19. The highest BCUT2D eigenvalue weighted by Crippen LogP contribution is 2.42. The molecule has 0 spiro atoms. The van der Waals surface area contributed by atoms with Crippen molar-refractivity contribution >= 4 is 23.2 Å². The van der Waals surface area contributed by atoms with E-state index in [1.807, 2.05) is 6.07 Å². The molecule has 110 valence electrons. The van der Waals surface area contributed by atoms with Crippen LogP contribution in [0, 0.1) is 11.3 Å². The lowest BCUT2D eigenvalue weighted by Gasteiger charge is -2.21. The molecule has 2 N–H and O–H groups in total. The number of benzene rings is 1. The van der Waals surface area contributed by atoms with Gasteiger partial charge >= 0.3 is 0 Å². The third-order valence-corrected chi connectivity index (χ3v) is 4.46. The van der Waals surface area contributed by atoms with Crippen LogP contribution in [0.5, 0.6) is 0 Å². The second-order valence-corrected chi connectivity index (χ2v) is 6.98. The van der Waals surface area contributed by atoms with E-state index in [2.05, 4.69) is 31.4 Å². The third-order valence-electron chi connectivity index (χ3n) is 4.13. The molecule has 3 nitrogen and oxygen atoms in total. The first-order chi connectivity index (χ1) is 9.32. The smallest absolute Gasteiger partial charge is 0.251 e. The van der Waals surface area contributed by atoms with Gasteiger partial charge in [0.1, 0.15) is 0 Å². The van der Waals surface area contributed by atoms with Gasteiger partial charge in [-0.3, -0.25) is 4.79 Å². The Morgan fingerprint density at radius 1 is 1.35 bits per heavy atom. The quantitative estimate of drug-likeness (QED) is 0.886. The zero-order valence-corrected chi connectivity index (χ0v) is 13.3. The summed E-state index contributed by atoms with van der Waals surface area (Å²) in [5.41, 5.74) is 1.84. The molecule has 0 aromatic heterocycles. The van der Waals surface area contributed by atoms with Crippen molar-refractivity contribution in [2.45, 2.75) is 39.7 Å². The molecule has 20 heavy (non-hydrogen) atoms. The minimum Gasteiger partial charge on any atom is -0.381 e. The summed E-state index contributed by atoms with van der Waals surface area (Å²) in [6, 6.07) is 5.76. The predicted octanol–water partition coefficient (Wildman–Crippen LogP) is 3.94. The molecule has 2 rings (SSSR count). The zero-order valence-electron chi connectivity index (χ0n) is 12.6. The maximum atomic E-state index is 11.7. The fraction of sp³-hybridized carbons (Fsp3) is 0.562. The summed E-state index contributed by atoms with van der Waals surface area (Å²) < 4.78 is 0. The van der Waals surface area contributed by atoms with Gasteiger partial charge in [-0.05, 0) is 42.4 Å². The number of amides is 1. The molecule has 0 saturated heterocycles. The van der Waals surface area contributed by atoms with Crippen molar-refractivity contribution in [2.24, 2.45) is 11.3 Å². The molecule has 0 bridgehead atoms. The van der Waals surface area contributed by atoms with Crippen LogP contribution in [0.3, 0.4) is 0 Å². The van der Waals surface area contributed by atoms with Gasteiger partial charge in [-0.15, -0.1) is 0 Å². The van der Waals surface area contributed by atoms with Gasteiger partial charge in [0.25, 0.3) is 5.91 Å². The molecule has 0 aliphatic heterocycles. The van der Waals surface area contributed by atoms with E-state index >= 15 is 0 Å². The zero-order chi connectivity index (χ0) is 14.9. The molecule has 1 aliphatic carbocycles. The van der Waals surface area contributed by atoms with Crippen LogP contribution in [-0.4, -0.2) is 19.0 Å². The molecule has 1 aliphatic rings. The van der Waals surface area contributed by atoms with Gasteiger partial charge in [0.05, 0.1) is 10.7 Å². The topological polar surface area (TPSA) is 41.1 Å². The number of halogens is 1. The maximum Gasteiger partial charge on any atom is 0.251 e. The highest BCUT2D eigenvalue weighted by Gasteiger charge is 2.36. The number of anilines is 1. The average molecular weight is 295 g/mol. The van der Waals surface area contributed by atoms with E-state index in [-0.39, 0.29) is 5.91 Å². The van der Waals surface area contributed by atoms with Crippen LogP contribution >= 0.6 is 11.6 Å². The largest absolute Gasteiger partial charge is 0.381 e. The van der Waals surface area contributed by atoms with E-state index in [0.717, 1.165) is 12.1 Å². The Hall–Kier alpha value is -1.22. The average Bonchev–Trinajstić information content (AvgIpc) is 2.64. The highest BCUT2D eigenvalue weighted by atomic mass is 35.5. The molecule has 0 heterocycles. The van der Waals surface area contributed by atoms with Gasteiger partial charge < -0.3 is 10.6 Å². The summed E-state index contributed by atoms with van der Waals surface area (Å²) in [5.74, 6) is 0.509. The number of hydrogen-bond donors (Lipinski definition) is 2. The summed E-state index contributed by atoms with van der Waals surface area (Å²) >= 11 is 6.25. The van der Waals surface area contributed by atoms with Crippen molar-refractivity contribution in [3.05, 3.63) is 28.8 Å². The molecular weight excluding hydrogens is 272 g/mol. The minimum atomic E-state index is -0.0930. The van der Waals surface area contributed by atoms with Crippen molar-refractivity contribution in [1.29, 1.82) is 0 Å². The molecular formula is C16H23ClN2O. The Morgan fingerprint density at radius 2 is 2.05 bits per heavy atom. The summed E-state index contributed by atoms with van der Waals surface area (Å²) in [4.78, 5) is 11.7. The van der Waals surface area contributed by atoms with Crippen molar-refractivity contribution in [3.63, 3.8) is 0 Å². The number of carbonyl (C=O) groups is 1. The van der Waals surface area contributed by atoms with Gasteiger partial charge in [0.15, 0.2) is 0 Å². The second kappa shape index (κ2) is 5.65. The Labute approximate surface area is 126 Å². The first-order valence-electron chi connectivity index (χ1n) is 7.10. The van der Waals surface area contributed by atoms with Crippen molar-refractivity contribution in [1.82, 2.24) is 5.32 Å². The van der Waals surface area contributed by atoms with E-state index in [0.29, 0.717) is 28.0 Å². The lowest BCUT2D eigenvalue weighted by Crippen LogP contribution is -2.23. The van der Waals surface area contributed by atoms with Gasteiger partial charge in [0, 0.05) is 18.7 Å². The summed E-state index contributed by atoms with van der Waals surface area (Å²) in [5, 5.41) is 6.82. The van der Waals surface area contributed by atoms with Gasteiger partial charge in [0.2, 0.25) is 0 Å². The lowest BCUT2D eigenvalue weighted by molar-refractivity contribution is 0.0963. The van der Waals surface area contributed by atoms with Gasteiger partial charge in [-0.2, -0.15) is 0 Å². The minimum absolute atomic E-state index is 0.0930. The first-order valence-corrected chi connectivity index (χ1v) is 7.48. The highest BCUT2D eigenvalue weighted by molar-refractivity contribution is 6.33. The van der Waals surface area contributed by atoms with E-state index in [4.69, 9.17) is 11.6 Å². The fourth-order valence-corrected chi connectivity index (χ4v) is 3.38. The third kappa shape index (κ3) is 3.26. The van der Waals surface area contributed by atoms with Crippen molar-refractivity contribution in [2.75, 3.05) is 12.4 Å². The van der Waals surface area contributed by atoms with Crippen LogP contribution in [0.1, 0.15) is 44.0 Å². The summed E-state index contributed by atoms with van der Waals surface area (Å²) in [6.07, 6.45) is 2.33. The lowest BCUT2D eigenvalue weighted by atomic mass is 9.91. The van der Waals surface area contributed by atoms with E-state index < -0.39 is 0 Å². The normalized spacial score (nSPS) is 24.4. The van der Waals surface area contributed by atoms with Gasteiger partial charge in [-0.25, -0.2) is 0 Å². The summed E-state index contributed by atoms with van der Waals surface area (Å²) in [7, 11) is 1.63. The monoisotopic (exact) mass is 294 g/mol. The molecule has 1 amide bonds. The van der Waals surface area contributed by atoms with Crippen LogP contribution in [0.25, 0.3) is 0 Å².